The number of benzene rings is 2. The SMILES string of the molecule is CNS(=O)(=O)c1cc(-c2ccc(N[C@H](C)c3ccccc3)nn2)ccc1C. The Hall–Kier alpha value is -2.77. The number of nitrogens with one attached hydrogen (secondary N) is 2. The van der Waals surface area contributed by atoms with Gasteiger partial charge in [0.15, 0.2) is 0 Å². The molecule has 0 aliphatic heterocycles. The fourth-order valence-electron chi connectivity index (χ4n) is 2.77. The number of sulfonamides is 1. The highest BCUT2D eigenvalue weighted by Gasteiger charge is 2.16. The minimum atomic E-state index is -3.52. The van der Waals surface area contributed by atoms with Crippen molar-refractivity contribution in [1.29, 1.82) is 0 Å². The van der Waals surface area contributed by atoms with Gasteiger partial charge in [0.25, 0.3) is 0 Å². The van der Waals surface area contributed by atoms with Crippen LogP contribution in [0.5, 0.6) is 0 Å². The van der Waals surface area contributed by atoms with E-state index < -0.39 is 10.0 Å². The lowest BCUT2D eigenvalue weighted by Gasteiger charge is -2.14. The third-order valence-electron chi connectivity index (χ3n) is 4.37. The Morgan fingerprint density at radius 3 is 2.33 bits per heavy atom. The minimum absolute atomic E-state index is 0.0955. The first-order valence-electron chi connectivity index (χ1n) is 8.60. The van der Waals surface area contributed by atoms with Gasteiger partial charge in [0.1, 0.15) is 5.82 Å². The summed E-state index contributed by atoms with van der Waals surface area (Å²) in [5.41, 5.74) is 3.14. The lowest BCUT2D eigenvalue weighted by Crippen LogP contribution is -2.19. The Balaban J connectivity index is 1.83. The molecule has 0 saturated heterocycles. The van der Waals surface area contributed by atoms with E-state index in [0.717, 1.165) is 5.56 Å². The Labute approximate surface area is 159 Å². The van der Waals surface area contributed by atoms with Gasteiger partial charge >= 0.3 is 0 Å². The van der Waals surface area contributed by atoms with E-state index in [2.05, 4.69) is 39.3 Å². The van der Waals surface area contributed by atoms with E-state index in [1.54, 1.807) is 19.1 Å². The van der Waals surface area contributed by atoms with Crippen LogP contribution in [0.15, 0.2) is 65.6 Å². The first-order valence-corrected chi connectivity index (χ1v) is 10.1. The molecule has 0 aliphatic carbocycles. The molecule has 2 N–H and O–H groups in total. The summed E-state index contributed by atoms with van der Waals surface area (Å²) in [6.45, 7) is 3.82. The Kier molecular flexibility index (Phi) is 5.53. The summed E-state index contributed by atoms with van der Waals surface area (Å²) in [6.07, 6.45) is 0. The van der Waals surface area contributed by atoms with Crippen molar-refractivity contribution in [1.82, 2.24) is 14.9 Å². The number of rotatable bonds is 6. The zero-order chi connectivity index (χ0) is 19.4. The number of hydrogen-bond donors (Lipinski definition) is 2. The second kappa shape index (κ2) is 7.85. The summed E-state index contributed by atoms with van der Waals surface area (Å²) in [6, 6.07) is 19.1. The van der Waals surface area contributed by atoms with E-state index in [0.29, 0.717) is 22.6 Å². The zero-order valence-electron chi connectivity index (χ0n) is 15.5. The number of aryl methyl sites for hydroxylation is 1. The van der Waals surface area contributed by atoms with Crippen LogP contribution in [0.3, 0.4) is 0 Å². The molecule has 1 heterocycles. The molecular weight excluding hydrogens is 360 g/mol. The molecule has 27 heavy (non-hydrogen) atoms. The average Bonchev–Trinajstić information content (AvgIpc) is 2.69. The van der Waals surface area contributed by atoms with Crippen molar-refractivity contribution in [3.05, 3.63) is 71.8 Å². The van der Waals surface area contributed by atoms with Crippen LogP contribution < -0.4 is 10.0 Å². The summed E-state index contributed by atoms with van der Waals surface area (Å²) < 4.78 is 26.7. The molecule has 3 rings (SSSR count). The smallest absolute Gasteiger partial charge is 0.240 e. The van der Waals surface area contributed by atoms with Gasteiger partial charge < -0.3 is 5.32 Å². The summed E-state index contributed by atoms with van der Waals surface area (Å²) in [5.74, 6) is 0.658. The third-order valence-corrected chi connectivity index (χ3v) is 5.93. The van der Waals surface area contributed by atoms with Crippen molar-refractivity contribution >= 4 is 15.8 Å². The van der Waals surface area contributed by atoms with Crippen molar-refractivity contribution in [2.24, 2.45) is 0 Å². The third kappa shape index (κ3) is 4.32. The van der Waals surface area contributed by atoms with Crippen molar-refractivity contribution in [2.45, 2.75) is 24.8 Å². The predicted molar refractivity (Wildman–Crippen MR) is 107 cm³/mol. The van der Waals surface area contributed by atoms with Gasteiger partial charge in [-0.15, -0.1) is 10.2 Å². The maximum Gasteiger partial charge on any atom is 0.240 e. The molecule has 1 atom stereocenters. The molecular formula is C20H22N4O2S. The minimum Gasteiger partial charge on any atom is -0.362 e. The quantitative estimate of drug-likeness (QED) is 0.681. The predicted octanol–water partition coefficient (Wildman–Crippen LogP) is 3.53. The molecule has 7 heteroatoms. The van der Waals surface area contributed by atoms with Crippen LogP contribution in [-0.2, 0) is 10.0 Å². The Morgan fingerprint density at radius 1 is 0.963 bits per heavy atom. The molecule has 0 spiro atoms. The fourth-order valence-corrected chi connectivity index (χ4v) is 3.76. The second-order valence-corrected chi connectivity index (χ2v) is 8.12. The standard InChI is InChI=1S/C20H22N4O2S/c1-14-9-10-17(13-19(14)27(25,26)21-3)18-11-12-20(24-23-18)22-15(2)16-7-5-4-6-8-16/h4-13,15,21H,1-3H3,(H,22,24)/t15-/m1/s1. The van der Waals surface area contributed by atoms with E-state index >= 15 is 0 Å². The summed E-state index contributed by atoms with van der Waals surface area (Å²) in [5, 5.41) is 11.8. The van der Waals surface area contributed by atoms with Gasteiger partial charge in [0, 0.05) is 11.6 Å². The molecule has 3 aromatic rings. The summed E-state index contributed by atoms with van der Waals surface area (Å²) >= 11 is 0. The topological polar surface area (TPSA) is 84.0 Å². The Morgan fingerprint density at radius 2 is 1.70 bits per heavy atom. The largest absolute Gasteiger partial charge is 0.362 e. The van der Waals surface area contributed by atoms with Crippen molar-refractivity contribution < 1.29 is 8.42 Å². The van der Waals surface area contributed by atoms with Crippen LogP contribution in [0.25, 0.3) is 11.3 Å². The monoisotopic (exact) mass is 382 g/mol. The van der Waals surface area contributed by atoms with Crippen LogP contribution in [0.1, 0.15) is 24.1 Å². The lowest BCUT2D eigenvalue weighted by atomic mass is 10.1. The van der Waals surface area contributed by atoms with Crippen molar-refractivity contribution in [3.63, 3.8) is 0 Å². The van der Waals surface area contributed by atoms with Crippen LogP contribution >= 0.6 is 0 Å². The molecule has 140 valence electrons. The van der Waals surface area contributed by atoms with E-state index in [-0.39, 0.29) is 10.9 Å². The molecule has 0 amide bonds. The van der Waals surface area contributed by atoms with Gasteiger partial charge in [-0.25, -0.2) is 13.1 Å². The number of hydrogen-bond acceptors (Lipinski definition) is 5. The van der Waals surface area contributed by atoms with Gasteiger partial charge in [-0.2, -0.15) is 0 Å². The molecule has 0 radical (unpaired) electrons. The number of nitrogens with zero attached hydrogens (tertiary/aromatic N) is 2. The Bertz CT molecular complexity index is 1020. The van der Waals surface area contributed by atoms with Crippen LogP contribution in [0.4, 0.5) is 5.82 Å². The second-order valence-electron chi connectivity index (χ2n) is 6.27. The lowest BCUT2D eigenvalue weighted by molar-refractivity contribution is 0.587. The highest BCUT2D eigenvalue weighted by molar-refractivity contribution is 7.89. The fraction of sp³-hybridized carbons (Fsp3) is 0.200. The van der Waals surface area contributed by atoms with Crippen LogP contribution in [-0.4, -0.2) is 25.7 Å². The molecule has 2 aromatic carbocycles. The zero-order valence-corrected chi connectivity index (χ0v) is 16.3. The summed E-state index contributed by atoms with van der Waals surface area (Å²) in [7, 11) is -2.13. The molecule has 0 saturated carbocycles. The van der Waals surface area contributed by atoms with Gasteiger partial charge in [-0.05, 0) is 50.2 Å². The highest BCUT2D eigenvalue weighted by atomic mass is 32.2. The van der Waals surface area contributed by atoms with Gasteiger partial charge in [-0.3, -0.25) is 0 Å². The highest BCUT2D eigenvalue weighted by Crippen LogP contribution is 2.24. The molecule has 0 unspecified atom stereocenters. The van der Waals surface area contributed by atoms with E-state index in [1.165, 1.54) is 7.05 Å². The molecule has 0 fully saturated rings. The molecule has 0 aliphatic rings. The number of anilines is 1. The van der Waals surface area contributed by atoms with Gasteiger partial charge in [0.05, 0.1) is 10.6 Å². The van der Waals surface area contributed by atoms with E-state index in [4.69, 9.17) is 0 Å². The van der Waals surface area contributed by atoms with Crippen LogP contribution in [0, 0.1) is 6.92 Å². The van der Waals surface area contributed by atoms with E-state index in [9.17, 15) is 8.42 Å². The van der Waals surface area contributed by atoms with Gasteiger partial charge in [-0.1, -0.05) is 42.5 Å². The van der Waals surface area contributed by atoms with Crippen LogP contribution in [0.2, 0.25) is 0 Å². The average molecular weight is 382 g/mol. The molecule has 6 nitrogen and oxygen atoms in total. The van der Waals surface area contributed by atoms with E-state index in [1.807, 2.05) is 36.4 Å². The normalized spacial score (nSPS) is 12.6. The first-order chi connectivity index (χ1) is 12.9. The summed E-state index contributed by atoms with van der Waals surface area (Å²) in [4.78, 5) is 0.240. The van der Waals surface area contributed by atoms with Crippen molar-refractivity contribution in [3.8, 4) is 11.3 Å². The van der Waals surface area contributed by atoms with Gasteiger partial charge in [0.2, 0.25) is 10.0 Å². The van der Waals surface area contributed by atoms with Crippen molar-refractivity contribution in [2.75, 3.05) is 12.4 Å². The maximum absolute atomic E-state index is 12.2. The molecule has 1 aromatic heterocycles. The number of aromatic nitrogens is 2. The molecule has 0 bridgehead atoms. The maximum atomic E-state index is 12.2. The first kappa shape index (κ1) is 19.0.